The zero-order chi connectivity index (χ0) is 12.6. The SMILES string of the molecule is Cc1cccc(C)c1N1CC(C)NC(C)(C)C1. The minimum atomic E-state index is 0.187. The van der Waals surface area contributed by atoms with Crippen molar-refractivity contribution in [1.29, 1.82) is 0 Å². The fraction of sp³-hybridized carbons (Fsp3) is 0.600. The Morgan fingerprint density at radius 3 is 2.35 bits per heavy atom. The van der Waals surface area contributed by atoms with Crippen LogP contribution in [-0.4, -0.2) is 24.7 Å². The molecule has 0 aromatic heterocycles. The van der Waals surface area contributed by atoms with Crippen LogP contribution in [-0.2, 0) is 0 Å². The normalized spacial score (nSPS) is 23.8. The van der Waals surface area contributed by atoms with Crippen LogP contribution in [0, 0.1) is 13.8 Å². The third kappa shape index (κ3) is 2.63. The maximum absolute atomic E-state index is 3.65. The molecular weight excluding hydrogens is 208 g/mol. The summed E-state index contributed by atoms with van der Waals surface area (Å²) in [5.41, 5.74) is 4.38. The van der Waals surface area contributed by atoms with Gasteiger partial charge in [0.25, 0.3) is 0 Å². The topological polar surface area (TPSA) is 15.3 Å². The summed E-state index contributed by atoms with van der Waals surface area (Å²) in [6.45, 7) is 13.4. The van der Waals surface area contributed by atoms with Gasteiger partial charge in [-0.1, -0.05) is 18.2 Å². The Labute approximate surface area is 105 Å². The Bertz CT molecular complexity index is 389. The van der Waals surface area contributed by atoms with Gasteiger partial charge in [-0.15, -0.1) is 0 Å². The molecule has 1 aliphatic rings. The first-order valence-corrected chi connectivity index (χ1v) is 6.48. The average molecular weight is 232 g/mol. The molecule has 1 aliphatic heterocycles. The highest BCUT2D eigenvalue weighted by molar-refractivity contribution is 5.59. The largest absolute Gasteiger partial charge is 0.368 e. The van der Waals surface area contributed by atoms with Gasteiger partial charge in [0.2, 0.25) is 0 Å². The number of benzene rings is 1. The third-order valence-corrected chi connectivity index (χ3v) is 3.47. The van der Waals surface area contributed by atoms with E-state index in [0.29, 0.717) is 6.04 Å². The highest BCUT2D eigenvalue weighted by atomic mass is 15.2. The molecule has 2 nitrogen and oxygen atoms in total. The number of hydrogen-bond acceptors (Lipinski definition) is 2. The molecule has 1 unspecified atom stereocenters. The molecule has 2 rings (SSSR count). The molecule has 0 saturated carbocycles. The van der Waals surface area contributed by atoms with Crippen molar-refractivity contribution < 1.29 is 0 Å². The van der Waals surface area contributed by atoms with E-state index in [1.165, 1.54) is 16.8 Å². The first-order valence-electron chi connectivity index (χ1n) is 6.48. The fourth-order valence-electron chi connectivity index (χ4n) is 3.11. The van der Waals surface area contributed by atoms with E-state index >= 15 is 0 Å². The van der Waals surface area contributed by atoms with Crippen molar-refractivity contribution >= 4 is 5.69 Å². The number of nitrogens with one attached hydrogen (secondary N) is 1. The molecular formula is C15H24N2. The summed E-state index contributed by atoms with van der Waals surface area (Å²) < 4.78 is 0. The van der Waals surface area contributed by atoms with Gasteiger partial charge in [-0.3, -0.25) is 0 Å². The summed E-state index contributed by atoms with van der Waals surface area (Å²) in [6, 6.07) is 7.10. The van der Waals surface area contributed by atoms with Crippen LogP contribution in [0.3, 0.4) is 0 Å². The molecule has 1 N–H and O–H groups in total. The highest BCUT2D eigenvalue weighted by Crippen LogP contribution is 2.28. The van der Waals surface area contributed by atoms with Gasteiger partial charge in [0.05, 0.1) is 0 Å². The maximum Gasteiger partial charge on any atom is 0.0426 e. The predicted molar refractivity (Wildman–Crippen MR) is 74.8 cm³/mol. The third-order valence-electron chi connectivity index (χ3n) is 3.47. The van der Waals surface area contributed by atoms with Crippen molar-refractivity contribution in [2.75, 3.05) is 18.0 Å². The summed E-state index contributed by atoms with van der Waals surface area (Å²) in [7, 11) is 0. The molecule has 0 radical (unpaired) electrons. The molecule has 0 bridgehead atoms. The molecule has 1 aromatic rings. The van der Waals surface area contributed by atoms with Crippen LogP contribution in [0.4, 0.5) is 5.69 Å². The van der Waals surface area contributed by atoms with Gasteiger partial charge in [-0.2, -0.15) is 0 Å². The molecule has 0 spiro atoms. The number of rotatable bonds is 1. The van der Waals surface area contributed by atoms with E-state index in [4.69, 9.17) is 0 Å². The summed E-state index contributed by atoms with van der Waals surface area (Å²) in [5.74, 6) is 0. The van der Waals surface area contributed by atoms with Gasteiger partial charge in [-0.25, -0.2) is 0 Å². The van der Waals surface area contributed by atoms with Crippen LogP contribution < -0.4 is 10.2 Å². The van der Waals surface area contributed by atoms with E-state index in [1.54, 1.807) is 0 Å². The van der Waals surface area contributed by atoms with Crippen LogP contribution in [0.2, 0.25) is 0 Å². The summed E-state index contributed by atoms with van der Waals surface area (Å²) in [4.78, 5) is 2.53. The Hall–Kier alpha value is -1.02. The molecule has 94 valence electrons. The van der Waals surface area contributed by atoms with Gasteiger partial charge >= 0.3 is 0 Å². The lowest BCUT2D eigenvalue weighted by Crippen LogP contribution is -2.61. The quantitative estimate of drug-likeness (QED) is 0.801. The zero-order valence-corrected chi connectivity index (χ0v) is 11.7. The van der Waals surface area contributed by atoms with Crippen molar-refractivity contribution in [2.24, 2.45) is 0 Å². The predicted octanol–water partition coefficient (Wildman–Crippen LogP) is 2.88. The molecule has 2 heteroatoms. The smallest absolute Gasteiger partial charge is 0.0426 e. The molecule has 1 heterocycles. The van der Waals surface area contributed by atoms with Gasteiger partial charge in [-0.05, 0) is 45.7 Å². The number of aryl methyl sites for hydroxylation is 2. The van der Waals surface area contributed by atoms with E-state index in [0.717, 1.165) is 13.1 Å². The van der Waals surface area contributed by atoms with Crippen molar-refractivity contribution in [3.8, 4) is 0 Å². The first kappa shape index (κ1) is 12.4. The van der Waals surface area contributed by atoms with E-state index in [2.05, 4.69) is 63.0 Å². The van der Waals surface area contributed by atoms with E-state index in [-0.39, 0.29) is 5.54 Å². The van der Waals surface area contributed by atoms with Crippen LogP contribution in [0.15, 0.2) is 18.2 Å². The van der Waals surface area contributed by atoms with Crippen LogP contribution in [0.5, 0.6) is 0 Å². The first-order chi connectivity index (χ1) is 7.89. The van der Waals surface area contributed by atoms with Crippen LogP contribution >= 0.6 is 0 Å². The Morgan fingerprint density at radius 1 is 1.24 bits per heavy atom. The minimum Gasteiger partial charge on any atom is -0.368 e. The van der Waals surface area contributed by atoms with E-state index in [9.17, 15) is 0 Å². The number of para-hydroxylation sites is 1. The molecule has 0 aliphatic carbocycles. The van der Waals surface area contributed by atoms with Crippen LogP contribution in [0.1, 0.15) is 31.9 Å². The second-order valence-corrected chi connectivity index (χ2v) is 6.05. The van der Waals surface area contributed by atoms with Crippen molar-refractivity contribution in [1.82, 2.24) is 5.32 Å². The molecule has 1 fully saturated rings. The Balaban J connectivity index is 2.33. The number of hydrogen-bond donors (Lipinski definition) is 1. The second-order valence-electron chi connectivity index (χ2n) is 6.05. The van der Waals surface area contributed by atoms with Gasteiger partial charge in [0, 0.05) is 30.4 Å². The van der Waals surface area contributed by atoms with E-state index in [1.807, 2.05) is 0 Å². The summed E-state index contributed by atoms with van der Waals surface area (Å²) in [5, 5.41) is 3.65. The van der Waals surface area contributed by atoms with Crippen molar-refractivity contribution in [3.05, 3.63) is 29.3 Å². The standard InChI is InChI=1S/C15H24N2/c1-11-7-6-8-12(2)14(11)17-9-13(3)16-15(4,5)10-17/h6-8,13,16H,9-10H2,1-5H3. The molecule has 1 aromatic carbocycles. The average Bonchev–Trinajstić information content (AvgIpc) is 2.13. The highest BCUT2D eigenvalue weighted by Gasteiger charge is 2.30. The zero-order valence-electron chi connectivity index (χ0n) is 11.7. The molecule has 1 saturated heterocycles. The number of anilines is 1. The monoisotopic (exact) mass is 232 g/mol. The molecule has 0 amide bonds. The number of piperazine rings is 1. The molecule has 1 atom stereocenters. The minimum absolute atomic E-state index is 0.187. The lowest BCUT2D eigenvalue weighted by atomic mass is 9.97. The van der Waals surface area contributed by atoms with Crippen molar-refractivity contribution in [3.63, 3.8) is 0 Å². The van der Waals surface area contributed by atoms with Crippen LogP contribution in [0.25, 0.3) is 0 Å². The van der Waals surface area contributed by atoms with Crippen molar-refractivity contribution in [2.45, 2.75) is 46.2 Å². The lowest BCUT2D eigenvalue weighted by molar-refractivity contribution is 0.301. The van der Waals surface area contributed by atoms with Gasteiger partial charge in [0.1, 0.15) is 0 Å². The maximum atomic E-state index is 3.65. The van der Waals surface area contributed by atoms with Gasteiger partial charge < -0.3 is 10.2 Å². The van der Waals surface area contributed by atoms with E-state index < -0.39 is 0 Å². The number of nitrogens with zero attached hydrogens (tertiary/aromatic N) is 1. The Morgan fingerprint density at radius 2 is 1.82 bits per heavy atom. The lowest BCUT2D eigenvalue weighted by Gasteiger charge is -2.44. The summed E-state index contributed by atoms with van der Waals surface area (Å²) in [6.07, 6.45) is 0. The fourth-order valence-corrected chi connectivity index (χ4v) is 3.11. The van der Waals surface area contributed by atoms with Gasteiger partial charge in [0.15, 0.2) is 0 Å². The Kier molecular flexibility index (Phi) is 3.17. The molecule has 17 heavy (non-hydrogen) atoms. The second kappa shape index (κ2) is 4.34. The summed E-state index contributed by atoms with van der Waals surface area (Å²) >= 11 is 0.